The van der Waals surface area contributed by atoms with Crippen molar-refractivity contribution in [2.45, 2.75) is 26.4 Å². The number of aliphatic carboxylic acids is 1. The molecule has 1 N–H and O–H groups in total. The van der Waals surface area contributed by atoms with E-state index in [1.54, 1.807) is 6.92 Å². The molecular weight excluding hydrogens is 274 g/mol. The van der Waals surface area contributed by atoms with E-state index in [-0.39, 0.29) is 6.04 Å². The Morgan fingerprint density at radius 3 is 2.09 bits per heavy atom. The minimum absolute atomic E-state index is 0.170. The van der Waals surface area contributed by atoms with Gasteiger partial charge < -0.3 is 5.11 Å². The largest absolute Gasteiger partial charge is 0.481 e. The molecule has 0 aromatic heterocycles. The standard InChI is InChI=1S/C19H23NO2/c1-15(19(21)22)13-20(14-17-9-5-3-6-10-17)16(2)18-11-7-4-8-12-18/h3-12,15-16H,13-14H2,1-2H3,(H,21,22)/t15-,16-/m0/s1. The third kappa shape index (κ3) is 4.43. The van der Waals surface area contributed by atoms with Crippen LogP contribution in [-0.4, -0.2) is 22.5 Å². The molecule has 0 fully saturated rings. The zero-order valence-corrected chi connectivity index (χ0v) is 13.1. The summed E-state index contributed by atoms with van der Waals surface area (Å²) in [5.74, 6) is -1.15. The molecule has 0 radical (unpaired) electrons. The Bertz CT molecular complexity index is 583. The monoisotopic (exact) mass is 297 g/mol. The minimum atomic E-state index is -0.752. The summed E-state index contributed by atoms with van der Waals surface area (Å²) in [4.78, 5) is 13.4. The molecule has 2 aromatic rings. The van der Waals surface area contributed by atoms with Crippen LogP contribution >= 0.6 is 0 Å². The van der Waals surface area contributed by atoms with Crippen molar-refractivity contribution in [3.63, 3.8) is 0 Å². The fourth-order valence-electron chi connectivity index (χ4n) is 2.55. The summed E-state index contributed by atoms with van der Waals surface area (Å²) in [6.07, 6.45) is 0. The Morgan fingerprint density at radius 1 is 1.00 bits per heavy atom. The lowest BCUT2D eigenvalue weighted by molar-refractivity contribution is -0.142. The molecule has 0 aliphatic heterocycles. The van der Waals surface area contributed by atoms with Gasteiger partial charge in [0.05, 0.1) is 5.92 Å². The van der Waals surface area contributed by atoms with Gasteiger partial charge in [-0.2, -0.15) is 0 Å². The zero-order valence-electron chi connectivity index (χ0n) is 13.1. The molecule has 0 bridgehead atoms. The van der Waals surface area contributed by atoms with Crippen molar-refractivity contribution in [3.05, 3.63) is 71.8 Å². The van der Waals surface area contributed by atoms with Crippen molar-refractivity contribution >= 4 is 5.97 Å². The Morgan fingerprint density at radius 2 is 1.55 bits per heavy atom. The number of carbonyl (C=O) groups is 1. The van der Waals surface area contributed by atoms with Crippen LogP contribution in [0.4, 0.5) is 0 Å². The lowest BCUT2D eigenvalue weighted by Gasteiger charge is -2.31. The lowest BCUT2D eigenvalue weighted by Crippen LogP contribution is -2.33. The Labute approximate surface area is 132 Å². The van der Waals surface area contributed by atoms with Crippen LogP contribution in [0.25, 0.3) is 0 Å². The van der Waals surface area contributed by atoms with Gasteiger partial charge in [0.15, 0.2) is 0 Å². The minimum Gasteiger partial charge on any atom is -0.481 e. The SMILES string of the molecule is C[C@@H](CN(Cc1ccccc1)[C@@H](C)c1ccccc1)C(=O)O. The maximum atomic E-state index is 11.2. The van der Waals surface area contributed by atoms with Gasteiger partial charge >= 0.3 is 5.97 Å². The van der Waals surface area contributed by atoms with E-state index in [0.29, 0.717) is 6.54 Å². The summed E-state index contributed by atoms with van der Waals surface area (Å²) >= 11 is 0. The van der Waals surface area contributed by atoms with E-state index < -0.39 is 11.9 Å². The number of hydrogen-bond donors (Lipinski definition) is 1. The first kappa shape index (κ1) is 16.2. The first-order valence-electron chi connectivity index (χ1n) is 7.63. The van der Waals surface area contributed by atoms with Gasteiger partial charge in [0.1, 0.15) is 0 Å². The maximum absolute atomic E-state index is 11.2. The van der Waals surface area contributed by atoms with Crippen LogP contribution in [0.3, 0.4) is 0 Å². The van der Waals surface area contributed by atoms with E-state index in [9.17, 15) is 9.90 Å². The normalized spacial score (nSPS) is 13.8. The average Bonchev–Trinajstić information content (AvgIpc) is 2.55. The second kappa shape index (κ2) is 7.76. The van der Waals surface area contributed by atoms with Crippen LogP contribution in [0.5, 0.6) is 0 Å². The Balaban J connectivity index is 2.19. The third-order valence-corrected chi connectivity index (χ3v) is 3.99. The average molecular weight is 297 g/mol. The van der Waals surface area contributed by atoms with Gasteiger partial charge in [-0.25, -0.2) is 0 Å². The highest BCUT2D eigenvalue weighted by molar-refractivity contribution is 5.69. The van der Waals surface area contributed by atoms with Gasteiger partial charge in [-0.05, 0) is 18.1 Å². The number of rotatable bonds is 7. The summed E-state index contributed by atoms with van der Waals surface area (Å²) in [6.45, 7) is 5.17. The summed E-state index contributed by atoms with van der Waals surface area (Å²) < 4.78 is 0. The molecule has 0 aliphatic carbocycles. The highest BCUT2D eigenvalue weighted by Crippen LogP contribution is 2.23. The topological polar surface area (TPSA) is 40.5 Å². The summed E-state index contributed by atoms with van der Waals surface area (Å²) in [6, 6.07) is 20.6. The van der Waals surface area contributed by atoms with Crippen molar-refractivity contribution in [2.75, 3.05) is 6.54 Å². The van der Waals surface area contributed by atoms with Gasteiger partial charge in [-0.3, -0.25) is 9.69 Å². The molecule has 22 heavy (non-hydrogen) atoms. The van der Waals surface area contributed by atoms with Crippen LogP contribution in [0.2, 0.25) is 0 Å². The van der Waals surface area contributed by atoms with Gasteiger partial charge in [-0.15, -0.1) is 0 Å². The molecule has 0 aliphatic rings. The van der Waals surface area contributed by atoms with Crippen molar-refractivity contribution in [2.24, 2.45) is 5.92 Å². The molecule has 2 rings (SSSR count). The first-order valence-corrected chi connectivity index (χ1v) is 7.63. The zero-order chi connectivity index (χ0) is 15.9. The second-order valence-electron chi connectivity index (χ2n) is 5.74. The van der Waals surface area contributed by atoms with E-state index in [0.717, 1.165) is 6.54 Å². The number of hydrogen-bond acceptors (Lipinski definition) is 2. The highest BCUT2D eigenvalue weighted by atomic mass is 16.4. The van der Waals surface area contributed by atoms with Crippen molar-refractivity contribution in [1.82, 2.24) is 4.90 Å². The molecule has 3 heteroatoms. The van der Waals surface area contributed by atoms with E-state index in [4.69, 9.17) is 0 Å². The van der Waals surface area contributed by atoms with Crippen LogP contribution in [0.1, 0.15) is 31.0 Å². The Hall–Kier alpha value is -2.13. The molecule has 2 aromatic carbocycles. The summed E-state index contributed by atoms with van der Waals surface area (Å²) in [7, 11) is 0. The van der Waals surface area contributed by atoms with Crippen molar-refractivity contribution < 1.29 is 9.90 Å². The van der Waals surface area contributed by atoms with Crippen molar-refractivity contribution in [1.29, 1.82) is 0 Å². The molecule has 0 unspecified atom stereocenters. The molecule has 0 saturated heterocycles. The fourth-order valence-corrected chi connectivity index (χ4v) is 2.55. The molecule has 0 spiro atoms. The van der Waals surface area contributed by atoms with Gasteiger partial charge in [0.25, 0.3) is 0 Å². The molecular formula is C19H23NO2. The highest BCUT2D eigenvalue weighted by Gasteiger charge is 2.21. The maximum Gasteiger partial charge on any atom is 0.307 e. The lowest BCUT2D eigenvalue weighted by atomic mass is 10.0. The number of carboxylic acid groups (broad SMARTS) is 1. The number of nitrogens with zero attached hydrogens (tertiary/aromatic N) is 1. The predicted molar refractivity (Wildman–Crippen MR) is 88.5 cm³/mol. The Kier molecular flexibility index (Phi) is 5.73. The second-order valence-corrected chi connectivity index (χ2v) is 5.74. The van der Waals surface area contributed by atoms with E-state index >= 15 is 0 Å². The van der Waals surface area contributed by atoms with Crippen LogP contribution in [0, 0.1) is 5.92 Å². The summed E-state index contributed by atoms with van der Waals surface area (Å²) in [5, 5.41) is 9.22. The molecule has 0 heterocycles. The van der Waals surface area contributed by atoms with Crippen molar-refractivity contribution in [3.8, 4) is 0 Å². The predicted octanol–water partition coefficient (Wildman–Crippen LogP) is 3.97. The first-order chi connectivity index (χ1) is 10.6. The van der Waals surface area contributed by atoms with E-state index in [2.05, 4.69) is 36.1 Å². The van der Waals surface area contributed by atoms with Crippen LogP contribution in [0.15, 0.2) is 60.7 Å². The van der Waals surface area contributed by atoms with Gasteiger partial charge in [0.2, 0.25) is 0 Å². The molecule has 0 saturated carbocycles. The molecule has 0 amide bonds. The quantitative estimate of drug-likeness (QED) is 0.840. The smallest absolute Gasteiger partial charge is 0.307 e. The molecule has 3 nitrogen and oxygen atoms in total. The summed E-state index contributed by atoms with van der Waals surface area (Å²) in [5.41, 5.74) is 2.40. The van der Waals surface area contributed by atoms with Gasteiger partial charge in [0, 0.05) is 19.1 Å². The van der Waals surface area contributed by atoms with E-state index in [1.165, 1.54) is 11.1 Å². The fraction of sp³-hybridized carbons (Fsp3) is 0.316. The molecule has 116 valence electrons. The molecule has 2 atom stereocenters. The third-order valence-electron chi connectivity index (χ3n) is 3.99. The van der Waals surface area contributed by atoms with Crippen LogP contribution < -0.4 is 0 Å². The number of carboxylic acids is 1. The van der Waals surface area contributed by atoms with Gasteiger partial charge in [-0.1, -0.05) is 67.6 Å². The van der Waals surface area contributed by atoms with E-state index in [1.807, 2.05) is 36.4 Å². The number of benzene rings is 2. The van der Waals surface area contributed by atoms with Crippen LogP contribution in [-0.2, 0) is 11.3 Å².